The predicted molar refractivity (Wildman–Crippen MR) is 83.7 cm³/mol. The summed E-state index contributed by atoms with van der Waals surface area (Å²) >= 11 is 6.04. The Morgan fingerprint density at radius 3 is 2.36 bits per heavy atom. The minimum absolute atomic E-state index is 0.0449. The zero-order valence-electron chi connectivity index (χ0n) is 11.2. The molecule has 0 saturated heterocycles. The Morgan fingerprint density at radius 2 is 1.59 bits per heavy atom. The highest BCUT2D eigenvalue weighted by Crippen LogP contribution is 2.28. The van der Waals surface area contributed by atoms with Gasteiger partial charge in [0.25, 0.3) is 0 Å². The maximum absolute atomic E-state index is 9.03. The molecular formula is C16H8ClN5. The molecule has 0 fully saturated rings. The van der Waals surface area contributed by atoms with Crippen molar-refractivity contribution in [2.75, 3.05) is 5.32 Å². The van der Waals surface area contributed by atoms with Crippen LogP contribution in [0.1, 0.15) is 11.4 Å². The van der Waals surface area contributed by atoms with Crippen molar-refractivity contribution < 1.29 is 0 Å². The molecule has 3 aromatic rings. The van der Waals surface area contributed by atoms with E-state index in [2.05, 4.69) is 15.3 Å². The second-order valence-corrected chi connectivity index (χ2v) is 4.79. The van der Waals surface area contributed by atoms with Crippen LogP contribution in [0.3, 0.4) is 0 Å². The van der Waals surface area contributed by atoms with E-state index in [9.17, 15) is 0 Å². The number of anilines is 2. The lowest BCUT2D eigenvalue weighted by atomic mass is 10.1. The van der Waals surface area contributed by atoms with Crippen molar-refractivity contribution in [2.24, 2.45) is 0 Å². The van der Waals surface area contributed by atoms with Crippen LogP contribution in [0.4, 0.5) is 11.5 Å². The summed E-state index contributed by atoms with van der Waals surface area (Å²) in [4.78, 5) is 7.97. The molecule has 6 heteroatoms. The second kappa shape index (κ2) is 5.69. The summed E-state index contributed by atoms with van der Waals surface area (Å²) in [5.74, 6) is 0.244. The van der Waals surface area contributed by atoms with Gasteiger partial charge in [0.15, 0.2) is 22.4 Å². The highest BCUT2D eigenvalue weighted by atomic mass is 35.5. The SMILES string of the molecule is N#Cc1nc(Cl)c(Nc2cccc3ccccc23)nc1C#N. The van der Waals surface area contributed by atoms with Crippen molar-refractivity contribution in [3.63, 3.8) is 0 Å². The van der Waals surface area contributed by atoms with Crippen LogP contribution in [0.5, 0.6) is 0 Å². The van der Waals surface area contributed by atoms with E-state index >= 15 is 0 Å². The summed E-state index contributed by atoms with van der Waals surface area (Å²) in [6.07, 6.45) is 0. The van der Waals surface area contributed by atoms with Gasteiger partial charge in [-0.3, -0.25) is 0 Å². The molecule has 1 aromatic heterocycles. The Morgan fingerprint density at radius 1 is 0.909 bits per heavy atom. The Kier molecular flexibility index (Phi) is 3.57. The van der Waals surface area contributed by atoms with Gasteiger partial charge in [-0.25, -0.2) is 9.97 Å². The predicted octanol–water partition coefficient (Wildman–Crippen LogP) is 3.77. The summed E-state index contributed by atoms with van der Waals surface area (Å²) in [5.41, 5.74) is 0.647. The van der Waals surface area contributed by atoms with Gasteiger partial charge in [-0.15, -0.1) is 0 Å². The van der Waals surface area contributed by atoms with Crippen LogP contribution < -0.4 is 5.32 Å². The fourth-order valence-electron chi connectivity index (χ4n) is 2.11. The Balaban J connectivity index is 2.10. The first-order valence-corrected chi connectivity index (χ1v) is 6.73. The molecule has 1 heterocycles. The Labute approximate surface area is 131 Å². The minimum atomic E-state index is -0.0871. The first-order chi connectivity index (χ1) is 10.7. The van der Waals surface area contributed by atoms with Gasteiger partial charge in [-0.2, -0.15) is 10.5 Å². The molecule has 1 N–H and O–H groups in total. The average molecular weight is 306 g/mol. The van der Waals surface area contributed by atoms with E-state index in [1.165, 1.54) is 0 Å². The van der Waals surface area contributed by atoms with Crippen LogP contribution in [0.2, 0.25) is 5.15 Å². The van der Waals surface area contributed by atoms with E-state index in [1.54, 1.807) is 6.07 Å². The van der Waals surface area contributed by atoms with Crippen molar-refractivity contribution in [1.29, 1.82) is 10.5 Å². The molecule has 0 bridgehead atoms. The maximum Gasteiger partial charge on any atom is 0.179 e. The highest BCUT2D eigenvalue weighted by molar-refractivity contribution is 6.31. The molecule has 0 radical (unpaired) electrons. The number of fused-ring (bicyclic) bond motifs is 1. The zero-order valence-corrected chi connectivity index (χ0v) is 12.0. The molecule has 0 aliphatic rings. The molecule has 0 atom stereocenters. The Bertz CT molecular complexity index is 948. The third-order valence-electron chi connectivity index (χ3n) is 3.11. The van der Waals surface area contributed by atoms with Crippen LogP contribution in [0, 0.1) is 22.7 Å². The number of nitrogens with one attached hydrogen (secondary N) is 1. The number of halogens is 1. The third kappa shape index (κ3) is 2.42. The lowest BCUT2D eigenvalue weighted by molar-refractivity contribution is 1.13. The summed E-state index contributed by atoms with van der Waals surface area (Å²) < 4.78 is 0. The lowest BCUT2D eigenvalue weighted by Crippen LogP contribution is -2.02. The van der Waals surface area contributed by atoms with Gasteiger partial charge in [0.1, 0.15) is 12.1 Å². The normalized spacial score (nSPS) is 9.95. The summed E-state index contributed by atoms with van der Waals surface area (Å²) in [6, 6.07) is 17.3. The summed E-state index contributed by atoms with van der Waals surface area (Å²) in [7, 11) is 0. The largest absolute Gasteiger partial charge is 0.337 e. The van der Waals surface area contributed by atoms with E-state index in [1.807, 2.05) is 48.5 Å². The topological polar surface area (TPSA) is 85.4 Å². The van der Waals surface area contributed by atoms with Gasteiger partial charge >= 0.3 is 0 Å². The number of aromatic nitrogens is 2. The van der Waals surface area contributed by atoms with E-state index in [-0.39, 0.29) is 22.4 Å². The molecule has 0 saturated carbocycles. The molecule has 22 heavy (non-hydrogen) atoms. The van der Waals surface area contributed by atoms with Crippen molar-refractivity contribution >= 4 is 33.9 Å². The van der Waals surface area contributed by atoms with Crippen molar-refractivity contribution in [3.05, 3.63) is 59.0 Å². The van der Waals surface area contributed by atoms with E-state index in [0.29, 0.717) is 0 Å². The monoisotopic (exact) mass is 305 g/mol. The number of nitrogens with zero attached hydrogens (tertiary/aromatic N) is 4. The molecule has 0 spiro atoms. The second-order valence-electron chi connectivity index (χ2n) is 4.44. The van der Waals surface area contributed by atoms with Gasteiger partial charge in [-0.05, 0) is 11.5 Å². The van der Waals surface area contributed by atoms with Crippen LogP contribution in [-0.2, 0) is 0 Å². The zero-order chi connectivity index (χ0) is 15.5. The molecule has 0 amide bonds. The fourth-order valence-corrected chi connectivity index (χ4v) is 2.29. The van der Waals surface area contributed by atoms with Crippen molar-refractivity contribution in [3.8, 4) is 12.1 Å². The molecule has 0 unspecified atom stereocenters. The number of nitriles is 2. The smallest absolute Gasteiger partial charge is 0.179 e. The maximum atomic E-state index is 9.03. The van der Waals surface area contributed by atoms with E-state index in [0.717, 1.165) is 16.5 Å². The standard InChI is InChI=1S/C16H8ClN5/c17-15-16(22-14(9-19)13(8-18)20-15)21-12-7-3-5-10-4-1-2-6-11(10)12/h1-7H,(H,21,22). The molecule has 3 rings (SSSR count). The van der Waals surface area contributed by atoms with Crippen LogP contribution >= 0.6 is 11.6 Å². The lowest BCUT2D eigenvalue weighted by Gasteiger charge is -2.10. The van der Waals surface area contributed by atoms with Crippen molar-refractivity contribution in [2.45, 2.75) is 0 Å². The molecule has 0 aliphatic heterocycles. The van der Waals surface area contributed by atoms with Gasteiger partial charge in [0.05, 0.1) is 0 Å². The van der Waals surface area contributed by atoms with Crippen molar-refractivity contribution in [1.82, 2.24) is 9.97 Å². The summed E-state index contributed by atoms with van der Waals surface area (Å²) in [5, 5.41) is 23.1. The third-order valence-corrected chi connectivity index (χ3v) is 3.37. The fraction of sp³-hybridized carbons (Fsp3) is 0. The van der Waals surface area contributed by atoms with Gasteiger partial charge < -0.3 is 5.32 Å². The number of hydrogen-bond donors (Lipinski definition) is 1. The van der Waals surface area contributed by atoms with Crippen LogP contribution in [0.25, 0.3) is 10.8 Å². The van der Waals surface area contributed by atoms with Crippen LogP contribution in [0.15, 0.2) is 42.5 Å². The number of benzene rings is 2. The van der Waals surface area contributed by atoms with Gasteiger partial charge in [0.2, 0.25) is 0 Å². The molecular weight excluding hydrogens is 298 g/mol. The molecule has 5 nitrogen and oxygen atoms in total. The van der Waals surface area contributed by atoms with Crippen LogP contribution in [-0.4, -0.2) is 9.97 Å². The minimum Gasteiger partial charge on any atom is -0.337 e. The molecule has 104 valence electrons. The van der Waals surface area contributed by atoms with Gasteiger partial charge in [-0.1, -0.05) is 48.0 Å². The quantitative estimate of drug-likeness (QED) is 0.779. The average Bonchev–Trinajstić information content (AvgIpc) is 2.56. The van der Waals surface area contributed by atoms with Gasteiger partial charge in [0, 0.05) is 11.1 Å². The molecule has 2 aromatic carbocycles. The number of hydrogen-bond acceptors (Lipinski definition) is 5. The Hall–Kier alpha value is -3.15. The first-order valence-electron chi connectivity index (χ1n) is 6.35. The molecule has 0 aliphatic carbocycles. The summed E-state index contributed by atoms with van der Waals surface area (Å²) in [6.45, 7) is 0. The van der Waals surface area contributed by atoms with E-state index in [4.69, 9.17) is 22.1 Å². The van der Waals surface area contributed by atoms with E-state index < -0.39 is 0 Å². The number of rotatable bonds is 2. The first kappa shape index (κ1) is 13.8. The highest BCUT2D eigenvalue weighted by Gasteiger charge is 2.13.